The van der Waals surface area contributed by atoms with Crippen LogP contribution >= 0.6 is 0 Å². The highest BCUT2D eigenvalue weighted by Crippen LogP contribution is 2.22. The van der Waals surface area contributed by atoms with Gasteiger partial charge in [-0.25, -0.2) is 4.98 Å². The smallest absolute Gasteiger partial charge is 0.106 e. The summed E-state index contributed by atoms with van der Waals surface area (Å²) in [5.74, 6) is 1.13. The van der Waals surface area contributed by atoms with Crippen molar-refractivity contribution in [2.24, 2.45) is 0 Å². The maximum absolute atomic E-state index is 9.42. The Morgan fingerprint density at radius 2 is 2.05 bits per heavy atom. The number of aliphatic hydroxyl groups is 1. The molecule has 2 N–H and O–H groups in total. The van der Waals surface area contributed by atoms with E-state index in [9.17, 15) is 5.11 Å². The molecule has 0 radical (unpaired) electrons. The molecule has 0 saturated carbocycles. The average molecular weight is 265 g/mol. The van der Waals surface area contributed by atoms with Crippen molar-refractivity contribution in [1.29, 1.82) is 0 Å². The SMILES string of the molecule is Cc1nc2c(n1CCC(CO)NC(C)C)CCCC2. The number of nitrogens with one attached hydrogen (secondary N) is 1. The molecule has 1 aliphatic carbocycles. The zero-order chi connectivity index (χ0) is 13.8. The highest BCUT2D eigenvalue weighted by Gasteiger charge is 2.18. The zero-order valence-corrected chi connectivity index (χ0v) is 12.4. The van der Waals surface area contributed by atoms with Gasteiger partial charge in [-0.3, -0.25) is 0 Å². The van der Waals surface area contributed by atoms with Crippen molar-refractivity contribution in [3.63, 3.8) is 0 Å². The van der Waals surface area contributed by atoms with Gasteiger partial charge in [0.2, 0.25) is 0 Å². The summed E-state index contributed by atoms with van der Waals surface area (Å²) in [7, 11) is 0. The van der Waals surface area contributed by atoms with E-state index in [0.717, 1.165) is 31.6 Å². The van der Waals surface area contributed by atoms with Crippen molar-refractivity contribution in [2.45, 2.75) is 71.5 Å². The van der Waals surface area contributed by atoms with Crippen LogP contribution in [0.2, 0.25) is 0 Å². The standard InChI is InChI=1S/C15H27N3O/c1-11(2)16-13(10-19)8-9-18-12(3)17-14-6-4-5-7-15(14)18/h11,13,16,19H,4-10H2,1-3H3. The Hall–Kier alpha value is -0.870. The van der Waals surface area contributed by atoms with E-state index in [2.05, 4.69) is 30.7 Å². The number of nitrogens with zero attached hydrogens (tertiary/aromatic N) is 2. The Morgan fingerprint density at radius 1 is 1.32 bits per heavy atom. The largest absolute Gasteiger partial charge is 0.395 e. The number of aryl methyl sites for hydroxylation is 2. The van der Waals surface area contributed by atoms with Crippen molar-refractivity contribution in [3.8, 4) is 0 Å². The van der Waals surface area contributed by atoms with Gasteiger partial charge in [-0.2, -0.15) is 0 Å². The Morgan fingerprint density at radius 3 is 2.74 bits per heavy atom. The lowest BCUT2D eigenvalue weighted by atomic mass is 10.0. The van der Waals surface area contributed by atoms with Crippen molar-refractivity contribution in [1.82, 2.24) is 14.9 Å². The van der Waals surface area contributed by atoms with Gasteiger partial charge in [0, 0.05) is 24.3 Å². The van der Waals surface area contributed by atoms with Gasteiger partial charge in [0.05, 0.1) is 12.3 Å². The highest BCUT2D eigenvalue weighted by molar-refractivity contribution is 5.19. The molecule has 0 fully saturated rings. The van der Waals surface area contributed by atoms with E-state index in [1.54, 1.807) is 0 Å². The molecule has 1 aliphatic rings. The fraction of sp³-hybridized carbons (Fsp3) is 0.800. The van der Waals surface area contributed by atoms with Gasteiger partial charge in [0.15, 0.2) is 0 Å². The van der Waals surface area contributed by atoms with E-state index < -0.39 is 0 Å². The molecule has 108 valence electrons. The Kier molecular flexibility index (Phi) is 4.99. The summed E-state index contributed by atoms with van der Waals surface area (Å²) in [4.78, 5) is 4.70. The number of fused-ring (bicyclic) bond motifs is 1. The molecule has 0 bridgehead atoms. The van der Waals surface area contributed by atoms with Gasteiger partial charge in [-0.15, -0.1) is 0 Å². The molecule has 0 saturated heterocycles. The molecular weight excluding hydrogens is 238 g/mol. The van der Waals surface area contributed by atoms with Crippen LogP contribution in [0.3, 0.4) is 0 Å². The number of hydrogen-bond donors (Lipinski definition) is 2. The molecule has 0 spiro atoms. The van der Waals surface area contributed by atoms with E-state index in [1.807, 2.05) is 0 Å². The van der Waals surface area contributed by atoms with E-state index in [1.165, 1.54) is 24.2 Å². The van der Waals surface area contributed by atoms with E-state index >= 15 is 0 Å². The third-order valence-electron chi connectivity index (χ3n) is 3.91. The van der Waals surface area contributed by atoms with Crippen molar-refractivity contribution in [2.75, 3.05) is 6.61 Å². The van der Waals surface area contributed by atoms with Crippen molar-refractivity contribution < 1.29 is 5.11 Å². The topological polar surface area (TPSA) is 50.1 Å². The second-order valence-corrected chi connectivity index (χ2v) is 5.90. The van der Waals surface area contributed by atoms with Crippen LogP contribution in [0.1, 0.15) is 50.3 Å². The van der Waals surface area contributed by atoms with Crippen molar-refractivity contribution >= 4 is 0 Å². The summed E-state index contributed by atoms with van der Waals surface area (Å²) >= 11 is 0. The summed E-state index contributed by atoms with van der Waals surface area (Å²) in [6.07, 6.45) is 5.82. The van der Waals surface area contributed by atoms with Crippen LogP contribution in [0.4, 0.5) is 0 Å². The number of imidazole rings is 1. The Balaban J connectivity index is 2.00. The minimum atomic E-state index is 0.182. The van der Waals surface area contributed by atoms with Gasteiger partial charge in [-0.1, -0.05) is 13.8 Å². The lowest BCUT2D eigenvalue weighted by Gasteiger charge is -2.21. The minimum absolute atomic E-state index is 0.182. The summed E-state index contributed by atoms with van der Waals surface area (Å²) in [5.41, 5.74) is 2.74. The molecule has 1 heterocycles. The summed E-state index contributed by atoms with van der Waals surface area (Å²) in [5, 5.41) is 12.8. The van der Waals surface area contributed by atoms with Gasteiger partial charge in [0.25, 0.3) is 0 Å². The maximum atomic E-state index is 9.42. The van der Waals surface area contributed by atoms with Crippen LogP contribution in [0, 0.1) is 6.92 Å². The quantitative estimate of drug-likeness (QED) is 0.825. The molecule has 0 aliphatic heterocycles. The average Bonchev–Trinajstić information content (AvgIpc) is 2.70. The van der Waals surface area contributed by atoms with Crippen LogP contribution in [-0.4, -0.2) is 33.3 Å². The van der Waals surface area contributed by atoms with Gasteiger partial charge < -0.3 is 15.0 Å². The van der Waals surface area contributed by atoms with E-state index in [4.69, 9.17) is 4.98 Å². The third kappa shape index (κ3) is 3.57. The van der Waals surface area contributed by atoms with Gasteiger partial charge in [0.1, 0.15) is 5.82 Å². The minimum Gasteiger partial charge on any atom is -0.395 e. The molecule has 0 aromatic carbocycles. The molecule has 19 heavy (non-hydrogen) atoms. The first kappa shape index (κ1) is 14.5. The second kappa shape index (κ2) is 6.53. The number of rotatable bonds is 6. The normalized spacial score (nSPS) is 16.7. The highest BCUT2D eigenvalue weighted by atomic mass is 16.3. The Labute approximate surface area is 116 Å². The summed E-state index contributed by atoms with van der Waals surface area (Å²) in [6, 6.07) is 0.594. The van der Waals surface area contributed by atoms with Crippen LogP contribution in [-0.2, 0) is 19.4 Å². The summed E-state index contributed by atoms with van der Waals surface area (Å²) in [6.45, 7) is 7.50. The van der Waals surface area contributed by atoms with Crippen LogP contribution in [0.5, 0.6) is 0 Å². The number of hydrogen-bond acceptors (Lipinski definition) is 3. The third-order valence-corrected chi connectivity index (χ3v) is 3.91. The predicted molar refractivity (Wildman–Crippen MR) is 77.4 cm³/mol. The van der Waals surface area contributed by atoms with Crippen LogP contribution < -0.4 is 5.32 Å². The van der Waals surface area contributed by atoms with Gasteiger partial charge >= 0.3 is 0 Å². The molecule has 1 aromatic heterocycles. The summed E-state index contributed by atoms with van der Waals surface area (Å²) < 4.78 is 2.36. The van der Waals surface area contributed by atoms with Gasteiger partial charge in [-0.05, 0) is 39.0 Å². The van der Waals surface area contributed by atoms with Crippen LogP contribution in [0.15, 0.2) is 0 Å². The predicted octanol–water partition coefficient (Wildman–Crippen LogP) is 1.82. The maximum Gasteiger partial charge on any atom is 0.106 e. The molecule has 4 heteroatoms. The lowest BCUT2D eigenvalue weighted by molar-refractivity contribution is 0.223. The molecule has 1 unspecified atom stereocenters. The van der Waals surface area contributed by atoms with Crippen LogP contribution in [0.25, 0.3) is 0 Å². The molecule has 0 amide bonds. The molecule has 2 rings (SSSR count). The van der Waals surface area contributed by atoms with Crippen molar-refractivity contribution in [3.05, 3.63) is 17.2 Å². The first-order chi connectivity index (χ1) is 9.11. The van der Waals surface area contributed by atoms with E-state index in [0.29, 0.717) is 6.04 Å². The molecule has 4 nitrogen and oxygen atoms in total. The lowest BCUT2D eigenvalue weighted by Crippen LogP contribution is -2.38. The van der Waals surface area contributed by atoms with E-state index in [-0.39, 0.29) is 12.6 Å². The first-order valence-corrected chi connectivity index (χ1v) is 7.53. The first-order valence-electron chi connectivity index (χ1n) is 7.53. The molecule has 1 aromatic rings. The fourth-order valence-electron chi connectivity index (χ4n) is 3.02. The fourth-order valence-corrected chi connectivity index (χ4v) is 3.02. The molecular formula is C15H27N3O. The molecule has 1 atom stereocenters. The Bertz CT molecular complexity index is 412. The number of aromatic nitrogens is 2. The zero-order valence-electron chi connectivity index (χ0n) is 12.4. The monoisotopic (exact) mass is 265 g/mol. The number of aliphatic hydroxyl groups excluding tert-OH is 1. The second-order valence-electron chi connectivity index (χ2n) is 5.90.